The van der Waals surface area contributed by atoms with E-state index in [2.05, 4.69) is 0 Å². The fourth-order valence-corrected chi connectivity index (χ4v) is 5.32. The van der Waals surface area contributed by atoms with Gasteiger partial charge in [-0.2, -0.15) is 250 Å². The van der Waals surface area contributed by atoms with Gasteiger partial charge in [0.15, 0.2) is 0 Å². The fraction of sp³-hybridized carbons (Fsp3) is 0.903. The molecule has 0 saturated carbocycles. The highest BCUT2D eigenvalue weighted by molar-refractivity contribution is 5.81. The van der Waals surface area contributed by atoms with E-state index in [9.17, 15) is 255 Å². The second-order valence-electron chi connectivity index (χ2n) is 16.6. The van der Waals surface area contributed by atoms with Gasteiger partial charge in [-0.1, -0.05) is 6.58 Å². The lowest BCUT2D eigenvalue weighted by Crippen LogP contribution is -2.81. The maximum atomic E-state index is 14.3. The number of alkyl halides is 57. The van der Waals surface area contributed by atoms with Crippen molar-refractivity contribution in [1.29, 1.82) is 0 Å². The molecule has 0 spiro atoms. The molecule has 0 amide bonds. The number of carbonyl (C=O) groups is 1. The summed E-state index contributed by atoms with van der Waals surface area (Å²) in [7, 11) is 0. The van der Waals surface area contributed by atoms with Gasteiger partial charge in [0.2, 0.25) is 0 Å². The van der Waals surface area contributed by atoms with E-state index in [0.717, 1.165) is 0 Å². The van der Waals surface area contributed by atoms with Crippen LogP contribution in [0.2, 0.25) is 0 Å². The molecule has 90 heavy (non-hydrogen) atoms. The summed E-state index contributed by atoms with van der Waals surface area (Å²) in [4.78, 5) is 10.6. The SMILES string of the molecule is C=CC(=O)OC(F)(F)C(F)(F)C(F)(F)C(F)(F)C(F)(F)C(F)(F)C(F)(F)C(F)(F)C(F)(F)C(F)(F)C(F)(F)C(F)(F)C(F)(F)C(F)(F)C(F)(F)C(F)(F)C(F)(F)C(F)(F)C(F)(F)C(F)(F)C(F)(F)C(F)(F)C(F)(F)C(F)(F)C(F)(F)C(F)(F)C(F)(F)C(F)(F)F. The largest absolute Gasteiger partial charge is 0.473 e. The van der Waals surface area contributed by atoms with E-state index in [-0.39, 0.29) is 0 Å². The summed E-state index contributed by atoms with van der Waals surface area (Å²) in [5, 5.41) is 0. The zero-order valence-electron chi connectivity index (χ0n) is 38.1. The van der Waals surface area contributed by atoms with Crippen molar-refractivity contribution in [3.8, 4) is 0 Å². The van der Waals surface area contributed by atoms with Crippen molar-refractivity contribution in [3.63, 3.8) is 0 Å². The van der Waals surface area contributed by atoms with Gasteiger partial charge in [0, 0.05) is 6.08 Å². The smallest absolute Gasteiger partial charge is 0.393 e. The first-order chi connectivity index (χ1) is 37.7. The molecule has 59 heteroatoms. The van der Waals surface area contributed by atoms with Gasteiger partial charge in [0.05, 0.1) is 0 Å². The lowest BCUT2D eigenvalue weighted by Gasteiger charge is -2.48. The van der Waals surface area contributed by atoms with Gasteiger partial charge in [-0.05, 0) is 0 Å². The highest BCUT2D eigenvalue weighted by Crippen LogP contribution is 2.74. The molecule has 538 valence electrons. The Balaban J connectivity index is 8.34. The molecule has 0 bridgehead atoms. The number of hydrogen-bond donors (Lipinski definition) is 0. The van der Waals surface area contributed by atoms with Crippen molar-refractivity contribution in [3.05, 3.63) is 12.7 Å². The average Bonchev–Trinajstić information content (AvgIpc) is 0.687. The quantitative estimate of drug-likeness (QED) is 0.0443. The molecule has 0 aliphatic rings. The summed E-state index contributed by atoms with van der Waals surface area (Å²) >= 11 is 0. The number of halogens is 57. The first-order valence-electron chi connectivity index (χ1n) is 18.8. The van der Waals surface area contributed by atoms with Crippen LogP contribution in [0.4, 0.5) is 250 Å². The van der Waals surface area contributed by atoms with Crippen LogP contribution < -0.4 is 0 Å². The first-order valence-corrected chi connectivity index (χ1v) is 18.8. The lowest BCUT2D eigenvalue weighted by molar-refractivity contribution is -0.501. The number of hydrogen-bond acceptors (Lipinski definition) is 2. The Bertz CT molecular complexity index is 2630. The first kappa shape index (κ1) is 85.2. The Kier molecular flexibility index (Phi) is 19.5. The number of carbonyl (C=O) groups excluding carboxylic acids is 1. The summed E-state index contributed by atoms with van der Waals surface area (Å²) in [6, 6.07) is 0. The second kappa shape index (κ2) is 20.6. The zero-order valence-corrected chi connectivity index (χ0v) is 38.1. The van der Waals surface area contributed by atoms with Gasteiger partial charge in [-0.15, -0.1) is 0 Å². The predicted molar refractivity (Wildman–Crippen MR) is 156 cm³/mol. The Hall–Kier alpha value is -4.78. The van der Waals surface area contributed by atoms with Crippen molar-refractivity contribution in [2.45, 2.75) is 166 Å². The molecule has 0 atom stereocenters. The van der Waals surface area contributed by atoms with E-state index in [0.29, 0.717) is 0 Å². The Morgan fingerprint density at radius 1 is 0.178 bits per heavy atom. The highest BCUT2D eigenvalue weighted by Gasteiger charge is 3.06. The van der Waals surface area contributed by atoms with E-state index >= 15 is 0 Å². The van der Waals surface area contributed by atoms with Crippen molar-refractivity contribution in [2.24, 2.45) is 0 Å². The molecule has 0 fully saturated rings. The second-order valence-corrected chi connectivity index (χ2v) is 16.6. The van der Waals surface area contributed by atoms with E-state index in [4.69, 9.17) is 0 Å². The monoisotopic (exact) mass is 1490 g/mol. The normalized spacial score (nSPS) is 17.3. The van der Waals surface area contributed by atoms with Gasteiger partial charge in [-0.25, -0.2) is 4.79 Å². The minimum atomic E-state index is -11.2. The Morgan fingerprint density at radius 3 is 0.356 bits per heavy atom. The van der Waals surface area contributed by atoms with Crippen LogP contribution in [0.1, 0.15) is 0 Å². The molecule has 0 rings (SSSR count). The van der Waals surface area contributed by atoms with Crippen LogP contribution in [-0.4, -0.2) is 172 Å². The number of rotatable bonds is 28. The van der Waals surface area contributed by atoms with Gasteiger partial charge in [-0.3, -0.25) is 0 Å². The summed E-state index contributed by atoms with van der Waals surface area (Å²) in [5.41, 5.74) is 0. The third-order valence-electron chi connectivity index (χ3n) is 11.0. The van der Waals surface area contributed by atoms with Gasteiger partial charge in [0.25, 0.3) is 0 Å². The molecule has 0 aromatic carbocycles. The summed E-state index contributed by atoms with van der Waals surface area (Å²) in [6.07, 6.45) is -17.8. The topological polar surface area (TPSA) is 26.3 Å². The van der Waals surface area contributed by atoms with Crippen molar-refractivity contribution >= 4 is 5.97 Å². The standard InChI is InChI=1S/C31H3F57O2/c1-2-3(89)90-31(87,88)29(82,83)27(78,79)25(74,75)23(70,71)21(66,67)19(62,63)17(58,59)15(54,55)13(50,51)11(46,47)9(42,43)7(38,39)5(34,35)4(32,33)6(36,37)8(40,41)10(44,45)12(48,49)14(52,53)16(56,57)18(60,61)20(64,65)22(68,69)24(72,73)26(76,77)28(80,81)30(84,85)86/h2H,1H2. The summed E-state index contributed by atoms with van der Waals surface area (Å²) in [5.74, 6) is -280. The van der Waals surface area contributed by atoms with Crippen molar-refractivity contribution in [1.82, 2.24) is 0 Å². The molecule has 0 aromatic rings. The third kappa shape index (κ3) is 9.36. The van der Waals surface area contributed by atoms with Crippen molar-refractivity contribution in [2.75, 3.05) is 0 Å². The van der Waals surface area contributed by atoms with Crippen LogP contribution in [0.3, 0.4) is 0 Å². The maximum absolute atomic E-state index is 14.3. The zero-order chi connectivity index (χ0) is 75.0. The van der Waals surface area contributed by atoms with E-state index < -0.39 is 178 Å². The molecule has 0 aromatic heterocycles. The molecule has 0 radical (unpaired) electrons. The van der Waals surface area contributed by atoms with Crippen LogP contribution in [0.25, 0.3) is 0 Å². The lowest BCUT2D eigenvalue weighted by atomic mass is 9.81. The van der Waals surface area contributed by atoms with E-state index in [1.54, 1.807) is 0 Å². The molecule has 0 saturated heterocycles. The van der Waals surface area contributed by atoms with Gasteiger partial charge in [0.1, 0.15) is 0 Å². The minimum absolute atomic E-state index is 0.992. The number of esters is 1. The summed E-state index contributed by atoms with van der Waals surface area (Å²) < 4.78 is 793. The average molecular weight is 1490 g/mol. The van der Waals surface area contributed by atoms with Gasteiger partial charge >= 0.3 is 172 Å². The molecular formula is C31H3F57O2. The minimum Gasteiger partial charge on any atom is -0.393 e. The molecule has 0 unspecified atom stereocenters. The fourth-order valence-electron chi connectivity index (χ4n) is 5.32. The van der Waals surface area contributed by atoms with Crippen LogP contribution in [0.15, 0.2) is 12.7 Å². The maximum Gasteiger partial charge on any atom is 0.473 e. The molecule has 0 N–H and O–H groups in total. The van der Waals surface area contributed by atoms with E-state index in [1.807, 2.05) is 11.3 Å². The molecular weight excluding hydrogens is 1490 g/mol. The molecule has 0 aliphatic carbocycles. The molecule has 2 nitrogen and oxygen atoms in total. The van der Waals surface area contributed by atoms with Crippen LogP contribution in [0, 0.1) is 0 Å². The third-order valence-corrected chi connectivity index (χ3v) is 11.0. The van der Waals surface area contributed by atoms with Gasteiger partial charge < -0.3 is 4.74 Å². The predicted octanol–water partition coefficient (Wildman–Crippen LogP) is 18.4. The van der Waals surface area contributed by atoms with E-state index in [1.165, 1.54) is 0 Å². The summed E-state index contributed by atoms with van der Waals surface area (Å²) in [6.45, 7) is 1.93. The Morgan fingerprint density at radius 2 is 0.267 bits per heavy atom. The van der Waals surface area contributed by atoms with Crippen LogP contribution >= 0.6 is 0 Å². The van der Waals surface area contributed by atoms with Crippen molar-refractivity contribution < 1.29 is 260 Å². The number of ether oxygens (including phenoxy) is 1. The molecule has 0 aliphatic heterocycles. The highest BCUT2D eigenvalue weighted by atomic mass is 19.5. The van der Waals surface area contributed by atoms with Crippen LogP contribution in [-0.2, 0) is 9.53 Å². The Labute approximate surface area is 446 Å². The molecule has 0 heterocycles. The van der Waals surface area contributed by atoms with Crippen LogP contribution in [0.5, 0.6) is 0 Å².